The third-order valence-corrected chi connectivity index (χ3v) is 8.83. The van der Waals surface area contributed by atoms with Crippen LogP contribution in [0.5, 0.6) is 0 Å². The van der Waals surface area contributed by atoms with Crippen molar-refractivity contribution in [3.8, 4) is 0 Å². The molecular weight excluding hydrogens is 455 g/mol. The maximum atomic E-state index is 14.2. The fourth-order valence-electron chi connectivity index (χ4n) is 5.51. The summed E-state index contributed by atoms with van der Waals surface area (Å²) in [5.74, 6) is 0.388. The molecule has 2 aromatic rings. The van der Waals surface area contributed by atoms with E-state index < -0.39 is 15.7 Å². The summed E-state index contributed by atoms with van der Waals surface area (Å²) >= 11 is 0. The zero-order chi connectivity index (χ0) is 24.3. The summed E-state index contributed by atoms with van der Waals surface area (Å²) in [4.78, 5) is 19.6. The van der Waals surface area contributed by atoms with Gasteiger partial charge in [-0.05, 0) is 82.2 Å². The van der Waals surface area contributed by atoms with Crippen molar-refractivity contribution in [2.45, 2.75) is 80.9 Å². The molecule has 1 aliphatic heterocycles. The number of fused-ring (bicyclic) bond motifs is 3. The first kappa shape index (κ1) is 23.6. The summed E-state index contributed by atoms with van der Waals surface area (Å²) < 4.78 is 43.6. The standard InChI is InChI=1S/C25H33FN4O3S/c1-25(2,26)14-29-34(32,33)23-12-17-16(19-13-28-20(11-18(19)23)15-6-7-15)8-9-21(17)30-10-4-5-22(30)24(31)27-3/h11-13,15,21-22,29H,4-10,14H2,1-3H3,(H,27,31)/t21-,22-/m1/s1. The van der Waals surface area contributed by atoms with E-state index in [1.54, 1.807) is 13.1 Å². The van der Waals surface area contributed by atoms with Crippen molar-refractivity contribution in [1.29, 1.82) is 0 Å². The van der Waals surface area contributed by atoms with Gasteiger partial charge in [0.15, 0.2) is 0 Å². The van der Waals surface area contributed by atoms with Gasteiger partial charge in [-0.15, -0.1) is 0 Å². The molecule has 0 unspecified atom stereocenters. The number of carbonyl (C=O) groups is 1. The lowest BCUT2D eigenvalue weighted by Crippen LogP contribution is -2.43. The Kier molecular flexibility index (Phi) is 5.93. The smallest absolute Gasteiger partial charge is 0.241 e. The highest BCUT2D eigenvalue weighted by Crippen LogP contribution is 2.46. The van der Waals surface area contributed by atoms with Crippen LogP contribution in [0.3, 0.4) is 0 Å². The Balaban J connectivity index is 1.63. The van der Waals surface area contributed by atoms with Crippen LogP contribution < -0.4 is 10.0 Å². The summed E-state index contributed by atoms with van der Waals surface area (Å²) in [7, 11) is -2.31. The number of halogens is 1. The van der Waals surface area contributed by atoms with Crippen molar-refractivity contribution >= 4 is 26.7 Å². The Morgan fingerprint density at radius 1 is 1.21 bits per heavy atom. The Bertz CT molecular complexity index is 1240. The molecule has 2 heterocycles. The van der Waals surface area contributed by atoms with Gasteiger partial charge in [0.25, 0.3) is 0 Å². The van der Waals surface area contributed by atoms with Crippen LogP contribution in [0.15, 0.2) is 23.2 Å². The Morgan fingerprint density at radius 3 is 2.65 bits per heavy atom. The van der Waals surface area contributed by atoms with E-state index in [1.807, 2.05) is 12.3 Å². The van der Waals surface area contributed by atoms with Crippen LogP contribution in [0.2, 0.25) is 0 Å². The summed E-state index contributed by atoms with van der Waals surface area (Å²) in [6.45, 7) is 3.21. The summed E-state index contributed by atoms with van der Waals surface area (Å²) in [6.07, 6.45) is 7.32. The lowest BCUT2D eigenvalue weighted by molar-refractivity contribution is -0.125. The highest BCUT2D eigenvalue weighted by Gasteiger charge is 2.40. The van der Waals surface area contributed by atoms with Gasteiger partial charge in [0.05, 0.1) is 10.9 Å². The Morgan fingerprint density at radius 2 is 1.97 bits per heavy atom. The molecule has 2 atom stereocenters. The van der Waals surface area contributed by atoms with Crippen LogP contribution in [-0.4, -0.2) is 56.1 Å². The van der Waals surface area contributed by atoms with Crippen LogP contribution in [0, 0.1) is 0 Å². The van der Waals surface area contributed by atoms with Crippen LogP contribution in [-0.2, 0) is 21.2 Å². The number of sulfonamides is 1. The van der Waals surface area contributed by atoms with Gasteiger partial charge in [-0.3, -0.25) is 14.7 Å². The number of nitrogens with zero attached hydrogens (tertiary/aromatic N) is 2. The molecule has 0 spiro atoms. The number of likely N-dealkylation sites (tertiary alicyclic amines) is 1. The third-order valence-electron chi connectivity index (χ3n) is 7.39. The molecule has 1 saturated heterocycles. The van der Waals surface area contributed by atoms with E-state index in [1.165, 1.54) is 13.8 Å². The number of aromatic nitrogens is 1. The van der Waals surface area contributed by atoms with Crippen LogP contribution in [0.1, 0.15) is 74.7 Å². The maximum absolute atomic E-state index is 14.2. The number of hydrogen-bond acceptors (Lipinski definition) is 5. The molecule has 34 heavy (non-hydrogen) atoms. The van der Waals surface area contributed by atoms with Crippen molar-refractivity contribution < 1.29 is 17.6 Å². The van der Waals surface area contributed by atoms with Gasteiger partial charge in [0.2, 0.25) is 15.9 Å². The molecule has 1 saturated carbocycles. The van der Waals surface area contributed by atoms with Gasteiger partial charge in [0.1, 0.15) is 5.67 Å². The molecular formula is C25H33FN4O3S. The predicted molar refractivity (Wildman–Crippen MR) is 129 cm³/mol. The number of hydrogen-bond donors (Lipinski definition) is 2. The number of carbonyl (C=O) groups excluding carboxylic acids is 1. The van der Waals surface area contributed by atoms with Gasteiger partial charge in [-0.25, -0.2) is 17.5 Å². The summed E-state index contributed by atoms with van der Waals surface area (Å²) in [5.41, 5.74) is 1.31. The number of aryl methyl sites for hydroxylation is 1. The van der Waals surface area contributed by atoms with Crippen LogP contribution in [0.25, 0.3) is 10.8 Å². The lowest BCUT2D eigenvalue weighted by Gasteiger charge is -2.30. The average molecular weight is 489 g/mol. The van der Waals surface area contributed by atoms with E-state index in [9.17, 15) is 17.6 Å². The quantitative estimate of drug-likeness (QED) is 0.624. The van der Waals surface area contributed by atoms with E-state index in [-0.39, 0.29) is 29.4 Å². The fourth-order valence-corrected chi connectivity index (χ4v) is 6.94. The van der Waals surface area contributed by atoms with E-state index in [0.29, 0.717) is 11.3 Å². The molecule has 2 N–H and O–H groups in total. The number of likely N-dealkylation sites (N-methyl/N-ethyl adjacent to an activating group) is 1. The van der Waals surface area contributed by atoms with E-state index in [4.69, 9.17) is 0 Å². The van der Waals surface area contributed by atoms with Crippen LogP contribution in [0.4, 0.5) is 4.39 Å². The normalized spacial score (nSPS) is 23.4. The average Bonchev–Trinajstić information content (AvgIpc) is 3.38. The van der Waals surface area contributed by atoms with Crippen molar-refractivity contribution in [2.24, 2.45) is 0 Å². The molecule has 7 nitrogen and oxygen atoms in total. The molecule has 0 bridgehead atoms. The van der Waals surface area contributed by atoms with Crippen molar-refractivity contribution in [2.75, 3.05) is 20.1 Å². The second-order valence-corrected chi connectivity index (χ2v) is 12.2. The van der Waals surface area contributed by atoms with E-state index in [0.717, 1.165) is 67.3 Å². The molecule has 1 aromatic carbocycles. The second-order valence-electron chi connectivity index (χ2n) is 10.5. The van der Waals surface area contributed by atoms with Gasteiger partial charge in [-0.1, -0.05) is 0 Å². The zero-order valence-corrected chi connectivity index (χ0v) is 20.8. The molecule has 3 aliphatic rings. The van der Waals surface area contributed by atoms with Gasteiger partial charge in [-0.2, -0.15) is 0 Å². The first-order valence-corrected chi connectivity index (χ1v) is 13.7. The first-order valence-electron chi connectivity index (χ1n) is 12.2. The van der Waals surface area contributed by atoms with Crippen molar-refractivity contribution in [1.82, 2.24) is 19.9 Å². The Labute approximate surface area is 200 Å². The SMILES string of the molecule is CNC(=O)[C@H]1CCCN1[C@@H]1CCc2c1cc(S(=O)(=O)NCC(C)(C)F)c1cc(C3CC3)ncc21. The van der Waals surface area contributed by atoms with Gasteiger partial charge >= 0.3 is 0 Å². The maximum Gasteiger partial charge on any atom is 0.241 e. The monoisotopic (exact) mass is 488 g/mol. The minimum Gasteiger partial charge on any atom is -0.358 e. The topological polar surface area (TPSA) is 91.4 Å². The highest BCUT2D eigenvalue weighted by molar-refractivity contribution is 7.89. The summed E-state index contributed by atoms with van der Waals surface area (Å²) in [6, 6.07) is 3.45. The number of amides is 1. The minimum atomic E-state index is -3.96. The predicted octanol–water partition coefficient (Wildman–Crippen LogP) is 3.34. The largest absolute Gasteiger partial charge is 0.358 e. The number of rotatable bonds is 7. The fraction of sp³-hybridized carbons (Fsp3) is 0.600. The number of nitrogens with one attached hydrogen (secondary N) is 2. The Hall–Kier alpha value is -2.10. The van der Waals surface area contributed by atoms with Gasteiger partial charge in [0, 0.05) is 48.2 Å². The molecule has 184 valence electrons. The van der Waals surface area contributed by atoms with E-state index in [2.05, 4.69) is 19.9 Å². The number of alkyl halides is 1. The molecule has 5 rings (SSSR count). The minimum absolute atomic E-state index is 0.00201. The number of pyridine rings is 1. The molecule has 0 radical (unpaired) electrons. The van der Waals surface area contributed by atoms with E-state index >= 15 is 0 Å². The lowest BCUT2D eigenvalue weighted by atomic mass is 9.99. The third kappa shape index (κ3) is 4.33. The van der Waals surface area contributed by atoms with Crippen molar-refractivity contribution in [3.63, 3.8) is 0 Å². The number of benzene rings is 1. The summed E-state index contributed by atoms with van der Waals surface area (Å²) in [5, 5.41) is 4.28. The first-order chi connectivity index (χ1) is 16.1. The molecule has 2 aliphatic carbocycles. The molecule has 2 fully saturated rings. The second kappa shape index (κ2) is 8.53. The molecule has 1 aromatic heterocycles. The van der Waals surface area contributed by atoms with Gasteiger partial charge < -0.3 is 5.32 Å². The van der Waals surface area contributed by atoms with Crippen molar-refractivity contribution in [3.05, 3.63) is 35.2 Å². The molecule has 1 amide bonds. The van der Waals surface area contributed by atoms with Crippen LogP contribution >= 0.6 is 0 Å². The highest BCUT2D eigenvalue weighted by atomic mass is 32.2. The molecule has 9 heteroatoms. The zero-order valence-electron chi connectivity index (χ0n) is 20.0.